The van der Waals surface area contributed by atoms with E-state index in [9.17, 15) is 4.79 Å². The summed E-state index contributed by atoms with van der Waals surface area (Å²) in [4.78, 5) is 17.1. The molecule has 5 heteroatoms. The molecule has 2 saturated heterocycles. The van der Waals surface area contributed by atoms with Crippen LogP contribution in [0.25, 0.3) is 0 Å². The third-order valence-corrected chi connectivity index (χ3v) is 5.74. The minimum atomic E-state index is 0.326. The SMILES string of the molecule is O=C(CC1CSCCN1)N1CCCN(Cc2ccccc2)CC1. The van der Waals surface area contributed by atoms with Crippen LogP contribution in [-0.4, -0.2) is 66.0 Å². The highest BCUT2D eigenvalue weighted by atomic mass is 32.2. The first-order valence-corrected chi connectivity index (χ1v) is 9.82. The summed E-state index contributed by atoms with van der Waals surface area (Å²) < 4.78 is 0. The van der Waals surface area contributed by atoms with Gasteiger partial charge in [-0.05, 0) is 12.0 Å². The van der Waals surface area contributed by atoms with Crippen molar-refractivity contribution in [2.75, 3.05) is 44.2 Å². The van der Waals surface area contributed by atoms with E-state index in [0.717, 1.165) is 51.4 Å². The Labute approximate surface area is 143 Å². The molecule has 1 N–H and O–H groups in total. The fourth-order valence-corrected chi connectivity index (χ4v) is 4.26. The van der Waals surface area contributed by atoms with E-state index in [2.05, 4.69) is 45.4 Å². The van der Waals surface area contributed by atoms with E-state index in [1.807, 2.05) is 11.8 Å². The van der Waals surface area contributed by atoms with E-state index in [-0.39, 0.29) is 0 Å². The topological polar surface area (TPSA) is 35.6 Å². The van der Waals surface area contributed by atoms with Gasteiger partial charge in [-0.15, -0.1) is 0 Å². The highest BCUT2D eigenvalue weighted by Gasteiger charge is 2.23. The summed E-state index contributed by atoms with van der Waals surface area (Å²) in [6, 6.07) is 11.0. The fourth-order valence-electron chi connectivity index (χ4n) is 3.31. The molecule has 1 aromatic rings. The maximum atomic E-state index is 12.5. The first kappa shape index (κ1) is 16.8. The quantitative estimate of drug-likeness (QED) is 0.912. The third kappa shape index (κ3) is 5.23. The van der Waals surface area contributed by atoms with Gasteiger partial charge < -0.3 is 10.2 Å². The Bertz CT molecular complexity index is 490. The maximum Gasteiger partial charge on any atom is 0.224 e. The van der Waals surface area contributed by atoms with Crippen molar-refractivity contribution < 1.29 is 4.79 Å². The number of carbonyl (C=O) groups excluding carboxylic acids is 1. The minimum Gasteiger partial charge on any atom is -0.341 e. The number of nitrogens with one attached hydrogen (secondary N) is 1. The first-order chi connectivity index (χ1) is 11.3. The normalized spacial score (nSPS) is 23.5. The number of amides is 1. The molecule has 2 aliphatic heterocycles. The Hall–Kier alpha value is -1.04. The van der Waals surface area contributed by atoms with Gasteiger partial charge in [-0.3, -0.25) is 9.69 Å². The molecule has 0 spiro atoms. The van der Waals surface area contributed by atoms with Gasteiger partial charge in [0.2, 0.25) is 5.91 Å². The second kappa shape index (κ2) is 8.71. The van der Waals surface area contributed by atoms with Gasteiger partial charge in [0.1, 0.15) is 0 Å². The Kier molecular flexibility index (Phi) is 6.37. The lowest BCUT2D eigenvalue weighted by molar-refractivity contribution is -0.131. The average Bonchev–Trinajstić information content (AvgIpc) is 2.82. The Morgan fingerprint density at radius 1 is 1.17 bits per heavy atom. The van der Waals surface area contributed by atoms with Crippen LogP contribution < -0.4 is 5.32 Å². The van der Waals surface area contributed by atoms with Crippen molar-refractivity contribution >= 4 is 17.7 Å². The number of rotatable bonds is 4. The fraction of sp³-hybridized carbons (Fsp3) is 0.611. The average molecular weight is 334 g/mol. The molecule has 1 unspecified atom stereocenters. The van der Waals surface area contributed by atoms with E-state index >= 15 is 0 Å². The van der Waals surface area contributed by atoms with E-state index in [1.165, 1.54) is 11.3 Å². The second-order valence-corrected chi connectivity index (χ2v) is 7.58. The predicted octanol–water partition coefficient (Wildman–Crippen LogP) is 1.82. The molecule has 4 nitrogen and oxygen atoms in total. The molecule has 2 aliphatic rings. The molecule has 0 aromatic heterocycles. The van der Waals surface area contributed by atoms with Crippen LogP contribution in [0.2, 0.25) is 0 Å². The van der Waals surface area contributed by atoms with E-state index in [4.69, 9.17) is 0 Å². The second-order valence-electron chi connectivity index (χ2n) is 6.43. The van der Waals surface area contributed by atoms with Crippen molar-refractivity contribution in [1.29, 1.82) is 0 Å². The van der Waals surface area contributed by atoms with Crippen LogP contribution in [-0.2, 0) is 11.3 Å². The molecule has 0 bridgehead atoms. The summed E-state index contributed by atoms with van der Waals surface area (Å²) in [6.45, 7) is 5.86. The van der Waals surface area contributed by atoms with E-state index in [0.29, 0.717) is 18.4 Å². The molecule has 2 fully saturated rings. The molecule has 23 heavy (non-hydrogen) atoms. The van der Waals surface area contributed by atoms with Gasteiger partial charge in [0, 0.05) is 63.2 Å². The molecule has 2 heterocycles. The molecule has 0 radical (unpaired) electrons. The first-order valence-electron chi connectivity index (χ1n) is 8.66. The van der Waals surface area contributed by atoms with E-state index in [1.54, 1.807) is 0 Å². The lowest BCUT2D eigenvalue weighted by Crippen LogP contribution is -2.43. The number of benzene rings is 1. The summed E-state index contributed by atoms with van der Waals surface area (Å²) in [6.07, 6.45) is 1.73. The largest absolute Gasteiger partial charge is 0.341 e. The summed E-state index contributed by atoms with van der Waals surface area (Å²) >= 11 is 1.96. The molecule has 0 aliphatic carbocycles. The predicted molar refractivity (Wildman–Crippen MR) is 96.6 cm³/mol. The zero-order valence-corrected chi connectivity index (χ0v) is 14.6. The number of carbonyl (C=O) groups is 1. The Morgan fingerprint density at radius 3 is 2.83 bits per heavy atom. The summed E-state index contributed by atoms with van der Waals surface area (Å²) in [7, 11) is 0. The number of nitrogens with zero attached hydrogens (tertiary/aromatic N) is 2. The van der Waals surface area contributed by atoms with Gasteiger partial charge in [0.05, 0.1) is 0 Å². The van der Waals surface area contributed by atoms with E-state index < -0.39 is 0 Å². The van der Waals surface area contributed by atoms with Gasteiger partial charge in [-0.25, -0.2) is 0 Å². The zero-order valence-electron chi connectivity index (χ0n) is 13.7. The minimum absolute atomic E-state index is 0.326. The van der Waals surface area contributed by atoms with Crippen LogP contribution in [0, 0.1) is 0 Å². The Balaban J connectivity index is 1.46. The molecule has 3 rings (SSSR count). The monoisotopic (exact) mass is 333 g/mol. The number of hydrogen-bond acceptors (Lipinski definition) is 4. The molecular formula is C18H27N3OS. The van der Waals surface area contributed by atoms with Crippen molar-refractivity contribution in [2.45, 2.75) is 25.4 Å². The lowest BCUT2D eigenvalue weighted by Gasteiger charge is -2.27. The van der Waals surface area contributed by atoms with Gasteiger partial charge >= 0.3 is 0 Å². The molecule has 126 valence electrons. The van der Waals surface area contributed by atoms with Crippen LogP contribution in [0.4, 0.5) is 0 Å². The van der Waals surface area contributed by atoms with Gasteiger partial charge in [0.25, 0.3) is 0 Å². The molecule has 0 saturated carbocycles. The highest BCUT2D eigenvalue weighted by Crippen LogP contribution is 2.14. The van der Waals surface area contributed by atoms with Gasteiger partial charge in [0.15, 0.2) is 0 Å². The standard InChI is InChI=1S/C18H27N3OS/c22-18(13-17-15-23-12-7-19-17)21-9-4-8-20(10-11-21)14-16-5-2-1-3-6-16/h1-3,5-6,17,19H,4,7-15H2. The maximum absolute atomic E-state index is 12.5. The summed E-state index contributed by atoms with van der Waals surface area (Å²) in [5.41, 5.74) is 1.36. The van der Waals surface area contributed by atoms with Gasteiger partial charge in [-0.1, -0.05) is 30.3 Å². The zero-order chi connectivity index (χ0) is 15.9. The van der Waals surface area contributed by atoms with Crippen LogP contribution in [0.1, 0.15) is 18.4 Å². The van der Waals surface area contributed by atoms with Crippen molar-refractivity contribution in [3.63, 3.8) is 0 Å². The van der Waals surface area contributed by atoms with Crippen LogP contribution in [0.15, 0.2) is 30.3 Å². The molecule has 1 amide bonds. The highest BCUT2D eigenvalue weighted by molar-refractivity contribution is 7.99. The molecule has 1 aromatic carbocycles. The number of hydrogen-bond donors (Lipinski definition) is 1. The van der Waals surface area contributed by atoms with Crippen molar-refractivity contribution in [1.82, 2.24) is 15.1 Å². The van der Waals surface area contributed by atoms with Crippen molar-refractivity contribution in [2.24, 2.45) is 0 Å². The van der Waals surface area contributed by atoms with Crippen LogP contribution in [0.5, 0.6) is 0 Å². The molecule has 1 atom stereocenters. The van der Waals surface area contributed by atoms with Crippen molar-refractivity contribution in [3.8, 4) is 0 Å². The summed E-state index contributed by atoms with van der Waals surface area (Å²) in [5, 5.41) is 3.47. The van der Waals surface area contributed by atoms with Crippen molar-refractivity contribution in [3.05, 3.63) is 35.9 Å². The summed E-state index contributed by atoms with van der Waals surface area (Å²) in [5.74, 6) is 2.56. The Morgan fingerprint density at radius 2 is 2.04 bits per heavy atom. The van der Waals surface area contributed by atoms with Crippen LogP contribution >= 0.6 is 11.8 Å². The third-order valence-electron chi connectivity index (χ3n) is 4.61. The van der Waals surface area contributed by atoms with Gasteiger partial charge in [-0.2, -0.15) is 11.8 Å². The molecular weight excluding hydrogens is 306 g/mol. The van der Waals surface area contributed by atoms with Crippen LogP contribution in [0.3, 0.4) is 0 Å². The smallest absolute Gasteiger partial charge is 0.224 e. The lowest BCUT2D eigenvalue weighted by atomic mass is 10.2. The number of thioether (sulfide) groups is 1.